The van der Waals surface area contributed by atoms with E-state index in [0.29, 0.717) is 28.8 Å². The standard InChI is InChI=1S/C21H18N6O3/c1-27-8-7-21(29,20(27)28)16-10-30-19(26-16)13-4-2-3-12(9-13)14-5-6-15-17(25-14)18(22)24-11-23-15/h2-6,9-11,29H,7-8H2,1H3,(H2,22,23,24)/t21-/m1/s1/i11D. The van der Waals surface area contributed by atoms with E-state index >= 15 is 0 Å². The van der Waals surface area contributed by atoms with Gasteiger partial charge in [0.1, 0.15) is 25.1 Å². The lowest BCUT2D eigenvalue weighted by Crippen LogP contribution is -2.36. The molecule has 1 aromatic carbocycles. The van der Waals surface area contributed by atoms with Crippen LogP contribution in [0.4, 0.5) is 5.82 Å². The first-order chi connectivity index (χ1) is 14.8. The fourth-order valence-electron chi connectivity index (χ4n) is 3.58. The van der Waals surface area contributed by atoms with Gasteiger partial charge in [-0.25, -0.2) is 19.9 Å². The van der Waals surface area contributed by atoms with Crippen LogP contribution in [0.2, 0.25) is 0 Å². The van der Waals surface area contributed by atoms with E-state index in [2.05, 4.69) is 19.9 Å². The van der Waals surface area contributed by atoms with Crippen molar-refractivity contribution in [2.45, 2.75) is 12.0 Å². The normalized spacial score (nSPS) is 19.5. The first kappa shape index (κ1) is 17.0. The Kier molecular flexibility index (Phi) is 3.75. The van der Waals surface area contributed by atoms with Gasteiger partial charge in [-0.3, -0.25) is 4.79 Å². The molecule has 1 aliphatic heterocycles. The van der Waals surface area contributed by atoms with Crippen LogP contribution >= 0.6 is 0 Å². The van der Waals surface area contributed by atoms with Crippen LogP contribution < -0.4 is 5.73 Å². The summed E-state index contributed by atoms with van der Waals surface area (Å²) in [6.45, 7) is 0.454. The van der Waals surface area contributed by atoms with Gasteiger partial charge in [0.25, 0.3) is 5.91 Å². The molecule has 5 rings (SSSR count). The zero-order chi connectivity index (χ0) is 21.8. The number of aliphatic hydroxyl groups is 1. The summed E-state index contributed by atoms with van der Waals surface area (Å²) in [5, 5.41) is 10.8. The van der Waals surface area contributed by atoms with Crippen LogP contribution in [0, 0.1) is 0 Å². The fourth-order valence-corrected chi connectivity index (χ4v) is 3.58. The number of likely N-dealkylation sites (tertiary alicyclic amines) is 1. The van der Waals surface area contributed by atoms with E-state index in [0.717, 1.165) is 5.56 Å². The number of carbonyl (C=O) groups excluding carboxylic acids is 1. The molecular formula is C21H18N6O3. The minimum atomic E-state index is -1.66. The van der Waals surface area contributed by atoms with Crippen LogP contribution in [0.5, 0.6) is 0 Å². The van der Waals surface area contributed by atoms with Gasteiger partial charge in [-0.2, -0.15) is 0 Å². The number of fused-ring (bicyclic) bond motifs is 1. The average molecular weight is 403 g/mol. The van der Waals surface area contributed by atoms with Gasteiger partial charge in [0.05, 0.1) is 11.2 Å². The molecule has 30 heavy (non-hydrogen) atoms. The number of rotatable bonds is 3. The monoisotopic (exact) mass is 403 g/mol. The van der Waals surface area contributed by atoms with Crippen LogP contribution in [0.1, 0.15) is 13.5 Å². The molecule has 0 saturated carbocycles. The summed E-state index contributed by atoms with van der Waals surface area (Å²) >= 11 is 0. The SMILES string of the molecule is [2H]c1nc(N)c2nc(-c3cccc(-c4nc([C@]5(O)CCN(C)C5=O)co4)c3)ccc2n1. The van der Waals surface area contributed by atoms with Crippen molar-refractivity contribution in [2.24, 2.45) is 0 Å². The van der Waals surface area contributed by atoms with E-state index in [1.807, 2.05) is 24.3 Å². The largest absolute Gasteiger partial charge is 0.444 e. The number of anilines is 1. The summed E-state index contributed by atoms with van der Waals surface area (Å²) in [6, 6.07) is 10.9. The molecule has 0 spiro atoms. The zero-order valence-electron chi connectivity index (χ0n) is 17.0. The third-order valence-electron chi connectivity index (χ3n) is 5.30. The molecule has 1 amide bonds. The zero-order valence-corrected chi connectivity index (χ0v) is 16.0. The molecule has 0 aliphatic carbocycles. The number of oxazole rings is 1. The second kappa shape index (κ2) is 6.60. The number of hydrogen-bond donors (Lipinski definition) is 2. The number of likely N-dealkylation sites (N-methyl/N-ethyl adjacent to an activating group) is 1. The summed E-state index contributed by atoms with van der Waals surface area (Å²) < 4.78 is 13.2. The molecule has 1 fully saturated rings. The van der Waals surface area contributed by atoms with Gasteiger partial charge in [-0.05, 0) is 24.3 Å². The van der Waals surface area contributed by atoms with Crippen molar-refractivity contribution in [2.75, 3.05) is 19.3 Å². The second-order valence-electron chi connectivity index (χ2n) is 7.23. The van der Waals surface area contributed by atoms with Crippen molar-refractivity contribution in [1.29, 1.82) is 0 Å². The van der Waals surface area contributed by atoms with Crippen molar-refractivity contribution in [3.63, 3.8) is 0 Å². The van der Waals surface area contributed by atoms with Crippen LogP contribution in [0.3, 0.4) is 0 Å². The van der Waals surface area contributed by atoms with Gasteiger partial charge in [0.15, 0.2) is 11.4 Å². The molecule has 1 aliphatic rings. The summed E-state index contributed by atoms with van der Waals surface area (Å²) in [7, 11) is 1.64. The lowest BCUT2D eigenvalue weighted by atomic mass is 9.99. The van der Waals surface area contributed by atoms with Crippen LogP contribution in [-0.2, 0) is 10.4 Å². The molecule has 9 nitrogen and oxygen atoms in total. The van der Waals surface area contributed by atoms with Crippen molar-refractivity contribution in [3.8, 4) is 22.7 Å². The van der Waals surface area contributed by atoms with Gasteiger partial charge < -0.3 is 20.2 Å². The Morgan fingerprint density at radius 3 is 2.87 bits per heavy atom. The van der Waals surface area contributed by atoms with Crippen molar-refractivity contribution in [3.05, 3.63) is 54.7 Å². The molecule has 150 valence electrons. The summed E-state index contributed by atoms with van der Waals surface area (Å²) in [4.78, 5) is 30.6. The van der Waals surface area contributed by atoms with Gasteiger partial charge >= 0.3 is 0 Å². The molecule has 0 radical (unpaired) electrons. The Hall–Kier alpha value is -3.85. The first-order valence-corrected chi connectivity index (χ1v) is 9.31. The lowest BCUT2D eigenvalue weighted by molar-refractivity contribution is -0.143. The molecule has 1 saturated heterocycles. The summed E-state index contributed by atoms with van der Waals surface area (Å²) in [5.41, 5.74) is 7.44. The molecule has 0 unspecified atom stereocenters. The Bertz CT molecular complexity index is 1340. The van der Waals surface area contributed by atoms with E-state index in [9.17, 15) is 9.90 Å². The van der Waals surface area contributed by atoms with Gasteiger partial charge in [-0.1, -0.05) is 12.1 Å². The highest BCUT2D eigenvalue weighted by atomic mass is 16.3. The van der Waals surface area contributed by atoms with Gasteiger partial charge in [-0.15, -0.1) is 0 Å². The number of amides is 1. The number of nitrogens with two attached hydrogens (primary N) is 1. The summed E-state index contributed by atoms with van der Waals surface area (Å²) in [5.74, 6) is 0.0389. The van der Waals surface area contributed by atoms with Gasteiger partial charge in [0, 0.05) is 31.1 Å². The molecule has 1 atom stereocenters. The maximum Gasteiger partial charge on any atom is 0.260 e. The predicted octanol–water partition coefficient (Wildman–Crippen LogP) is 1.98. The third kappa shape index (κ3) is 2.79. The molecular weight excluding hydrogens is 384 g/mol. The Labute approximate surface area is 172 Å². The Balaban J connectivity index is 1.51. The van der Waals surface area contributed by atoms with Gasteiger partial charge in [0.2, 0.25) is 5.89 Å². The number of aromatic nitrogens is 4. The highest BCUT2D eigenvalue weighted by molar-refractivity contribution is 5.88. The number of pyridine rings is 1. The van der Waals surface area contributed by atoms with Crippen molar-refractivity contribution in [1.82, 2.24) is 24.8 Å². The van der Waals surface area contributed by atoms with Crippen LogP contribution in [0.25, 0.3) is 33.7 Å². The first-order valence-electron chi connectivity index (χ1n) is 9.81. The van der Waals surface area contributed by atoms with Crippen LogP contribution in [0.15, 0.2) is 53.4 Å². The Morgan fingerprint density at radius 1 is 1.23 bits per heavy atom. The summed E-state index contributed by atoms with van der Waals surface area (Å²) in [6.07, 6.45) is 1.43. The average Bonchev–Trinajstić information content (AvgIpc) is 3.36. The van der Waals surface area contributed by atoms with E-state index in [4.69, 9.17) is 11.5 Å². The Morgan fingerprint density at radius 2 is 2.07 bits per heavy atom. The lowest BCUT2D eigenvalue weighted by Gasteiger charge is -2.17. The highest BCUT2D eigenvalue weighted by Gasteiger charge is 2.47. The van der Waals surface area contributed by atoms with Crippen LogP contribution in [-0.4, -0.2) is 49.4 Å². The van der Waals surface area contributed by atoms with E-state index in [-0.39, 0.29) is 30.1 Å². The number of hydrogen-bond acceptors (Lipinski definition) is 8. The van der Waals surface area contributed by atoms with Crippen molar-refractivity contribution >= 4 is 22.8 Å². The van der Waals surface area contributed by atoms with Crippen molar-refractivity contribution < 1.29 is 15.7 Å². The molecule has 3 N–H and O–H groups in total. The molecule has 0 bridgehead atoms. The maximum atomic E-state index is 12.3. The highest BCUT2D eigenvalue weighted by Crippen LogP contribution is 2.34. The van der Waals surface area contributed by atoms with E-state index in [1.165, 1.54) is 11.2 Å². The number of benzene rings is 1. The third-order valence-corrected chi connectivity index (χ3v) is 5.30. The van der Waals surface area contributed by atoms with E-state index < -0.39 is 11.5 Å². The number of nitrogens with zero attached hydrogens (tertiary/aromatic N) is 5. The quantitative estimate of drug-likeness (QED) is 0.531. The molecule has 4 heterocycles. The molecule has 4 aromatic rings. The molecule has 3 aromatic heterocycles. The minimum Gasteiger partial charge on any atom is -0.444 e. The predicted molar refractivity (Wildman–Crippen MR) is 109 cm³/mol. The minimum absolute atomic E-state index is 0.143. The smallest absolute Gasteiger partial charge is 0.260 e. The maximum absolute atomic E-state index is 12.3. The fraction of sp³-hybridized carbons (Fsp3) is 0.190. The second-order valence-corrected chi connectivity index (χ2v) is 7.23. The topological polar surface area (TPSA) is 131 Å². The van der Waals surface area contributed by atoms with E-state index in [1.54, 1.807) is 19.2 Å². The number of carbonyl (C=O) groups is 1. The molecule has 9 heteroatoms. The number of nitrogen functional groups attached to an aromatic ring is 1.